The fourth-order valence-electron chi connectivity index (χ4n) is 2.87. The zero-order valence-corrected chi connectivity index (χ0v) is 17.6. The maximum absolute atomic E-state index is 12.1. The SMILES string of the molecule is Cc1ccc(SCCNC(=O)COC(=O)CCN2C(=O)COc3ccccc32)cc1. The van der Waals surface area contributed by atoms with E-state index in [1.54, 1.807) is 30.0 Å². The van der Waals surface area contributed by atoms with Crippen LogP contribution >= 0.6 is 11.8 Å². The van der Waals surface area contributed by atoms with Crippen LogP contribution in [0.3, 0.4) is 0 Å². The van der Waals surface area contributed by atoms with E-state index in [0.29, 0.717) is 18.0 Å². The number of amides is 2. The van der Waals surface area contributed by atoms with Crippen LogP contribution in [0.1, 0.15) is 12.0 Å². The number of carbonyl (C=O) groups excluding carboxylic acids is 3. The summed E-state index contributed by atoms with van der Waals surface area (Å²) in [6.45, 7) is 2.30. The zero-order chi connectivity index (χ0) is 21.3. The molecule has 2 amide bonds. The largest absolute Gasteiger partial charge is 0.482 e. The molecule has 0 spiro atoms. The average molecular weight is 429 g/mol. The van der Waals surface area contributed by atoms with Crippen LogP contribution in [-0.4, -0.2) is 49.8 Å². The molecule has 0 unspecified atom stereocenters. The molecule has 1 aliphatic heterocycles. The van der Waals surface area contributed by atoms with Crippen molar-refractivity contribution in [3.05, 3.63) is 54.1 Å². The molecule has 1 N–H and O–H groups in total. The van der Waals surface area contributed by atoms with Gasteiger partial charge in [0.1, 0.15) is 5.75 Å². The third-order valence-electron chi connectivity index (χ3n) is 4.43. The van der Waals surface area contributed by atoms with E-state index in [0.717, 1.165) is 10.6 Å². The molecule has 8 heteroatoms. The van der Waals surface area contributed by atoms with Crippen molar-refractivity contribution in [2.75, 3.05) is 37.0 Å². The minimum absolute atomic E-state index is 0.00334. The first-order chi connectivity index (χ1) is 14.5. The second-order valence-electron chi connectivity index (χ2n) is 6.72. The van der Waals surface area contributed by atoms with Crippen LogP contribution in [0.2, 0.25) is 0 Å². The molecule has 0 saturated heterocycles. The van der Waals surface area contributed by atoms with E-state index in [2.05, 4.69) is 5.32 Å². The molecule has 0 saturated carbocycles. The van der Waals surface area contributed by atoms with Gasteiger partial charge >= 0.3 is 5.97 Å². The van der Waals surface area contributed by atoms with Crippen LogP contribution < -0.4 is 15.0 Å². The summed E-state index contributed by atoms with van der Waals surface area (Å²) in [5.41, 5.74) is 1.84. The maximum Gasteiger partial charge on any atom is 0.308 e. The molecule has 0 fully saturated rings. The molecule has 0 aromatic heterocycles. The molecule has 2 aromatic rings. The second-order valence-corrected chi connectivity index (χ2v) is 7.89. The molecule has 7 nitrogen and oxygen atoms in total. The number of para-hydroxylation sites is 2. The first-order valence-corrected chi connectivity index (χ1v) is 10.7. The van der Waals surface area contributed by atoms with Gasteiger partial charge < -0.3 is 19.7 Å². The molecule has 0 atom stereocenters. The van der Waals surface area contributed by atoms with Crippen LogP contribution in [0, 0.1) is 6.92 Å². The lowest BCUT2D eigenvalue weighted by molar-refractivity contribution is -0.148. The number of aryl methyl sites for hydroxylation is 1. The monoisotopic (exact) mass is 428 g/mol. The Morgan fingerprint density at radius 2 is 1.93 bits per heavy atom. The Morgan fingerprint density at radius 3 is 2.73 bits per heavy atom. The van der Waals surface area contributed by atoms with E-state index >= 15 is 0 Å². The Balaban J connectivity index is 1.33. The summed E-state index contributed by atoms with van der Waals surface area (Å²) in [5, 5.41) is 2.73. The second kappa shape index (κ2) is 10.7. The van der Waals surface area contributed by atoms with Crippen molar-refractivity contribution in [2.45, 2.75) is 18.2 Å². The summed E-state index contributed by atoms with van der Waals surface area (Å²) < 4.78 is 10.4. The molecule has 0 aliphatic carbocycles. The molecule has 0 bridgehead atoms. The molecule has 1 aliphatic rings. The zero-order valence-electron chi connectivity index (χ0n) is 16.8. The van der Waals surface area contributed by atoms with Gasteiger partial charge in [-0.15, -0.1) is 11.8 Å². The number of hydrogen-bond acceptors (Lipinski definition) is 6. The molecular formula is C22H24N2O5S. The Bertz CT molecular complexity index is 901. The molecule has 3 rings (SSSR count). The third-order valence-corrected chi connectivity index (χ3v) is 5.44. The Hall–Kier alpha value is -3.00. The van der Waals surface area contributed by atoms with Gasteiger partial charge in [-0.05, 0) is 31.2 Å². The number of fused-ring (bicyclic) bond motifs is 1. The number of nitrogens with zero attached hydrogens (tertiary/aromatic N) is 1. The van der Waals surface area contributed by atoms with Crippen LogP contribution in [0.5, 0.6) is 5.75 Å². The predicted octanol–water partition coefficient (Wildman–Crippen LogP) is 2.56. The highest BCUT2D eigenvalue weighted by molar-refractivity contribution is 7.99. The van der Waals surface area contributed by atoms with Gasteiger partial charge in [0, 0.05) is 23.7 Å². The minimum Gasteiger partial charge on any atom is -0.482 e. The summed E-state index contributed by atoms with van der Waals surface area (Å²) >= 11 is 1.64. The van der Waals surface area contributed by atoms with E-state index in [-0.39, 0.29) is 38.0 Å². The number of benzene rings is 2. The summed E-state index contributed by atoms with van der Waals surface area (Å²) in [5.74, 6) is 0.233. The summed E-state index contributed by atoms with van der Waals surface area (Å²) in [6.07, 6.45) is -0.00334. The van der Waals surface area contributed by atoms with E-state index in [1.807, 2.05) is 37.3 Å². The van der Waals surface area contributed by atoms with Gasteiger partial charge in [0.05, 0.1) is 12.1 Å². The average Bonchev–Trinajstić information content (AvgIpc) is 2.76. The smallest absolute Gasteiger partial charge is 0.308 e. The van der Waals surface area contributed by atoms with Crippen LogP contribution in [0.4, 0.5) is 5.69 Å². The molecule has 30 heavy (non-hydrogen) atoms. The lowest BCUT2D eigenvalue weighted by atomic mass is 10.2. The number of hydrogen-bond donors (Lipinski definition) is 1. The van der Waals surface area contributed by atoms with Crippen molar-refractivity contribution in [3.63, 3.8) is 0 Å². The third kappa shape index (κ3) is 6.25. The number of carbonyl (C=O) groups is 3. The van der Waals surface area contributed by atoms with Crippen molar-refractivity contribution in [2.24, 2.45) is 0 Å². The highest BCUT2D eigenvalue weighted by Gasteiger charge is 2.25. The highest BCUT2D eigenvalue weighted by atomic mass is 32.2. The topological polar surface area (TPSA) is 84.9 Å². The first kappa shape index (κ1) is 21.7. The van der Waals surface area contributed by atoms with Crippen molar-refractivity contribution in [1.82, 2.24) is 5.32 Å². The standard InChI is InChI=1S/C22H24N2O5S/c1-16-6-8-17(9-7-16)30-13-11-23-20(25)14-29-22(27)10-12-24-18-4-2-3-5-19(18)28-15-21(24)26/h2-9H,10-15H2,1H3,(H,23,25). The molecule has 1 heterocycles. The van der Waals surface area contributed by atoms with Gasteiger partial charge in [-0.2, -0.15) is 0 Å². The van der Waals surface area contributed by atoms with Gasteiger partial charge in [0.25, 0.3) is 11.8 Å². The van der Waals surface area contributed by atoms with Crippen molar-refractivity contribution < 1.29 is 23.9 Å². The number of ether oxygens (including phenoxy) is 2. The predicted molar refractivity (Wildman–Crippen MR) is 115 cm³/mol. The minimum atomic E-state index is -0.532. The van der Waals surface area contributed by atoms with Crippen molar-refractivity contribution in [3.8, 4) is 5.75 Å². The first-order valence-electron chi connectivity index (χ1n) is 9.67. The van der Waals surface area contributed by atoms with Crippen LogP contribution in [0.25, 0.3) is 0 Å². The fourth-order valence-corrected chi connectivity index (χ4v) is 3.63. The van der Waals surface area contributed by atoms with Crippen molar-refractivity contribution in [1.29, 1.82) is 0 Å². The Kier molecular flexibility index (Phi) is 7.73. The number of rotatable bonds is 9. The number of nitrogens with one attached hydrogen (secondary N) is 1. The summed E-state index contributed by atoms with van der Waals surface area (Å²) in [6, 6.07) is 15.3. The van der Waals surface area contributed by atoms with E-state index in [4.69, 9.17) is 9.47 Å². The summed E-state index contributed by atoms with van der Waals surface area (Å²) in [7, 11) is 0. The summed E-state index contributed by atoms with van der Waals surface area (Å²) in [4.78, 5) is 38.5. The van der Waals surface area contributed by atoms with Crippen molar-refractivity contribution >= 4 is 35.2 Å². The number of esters is 1. The quantitative estimate of drug-likeness (QED) is 0.375. The van der Waals surface area contributed by atoms with Gasteiger partial charge in [-0.25, -0.2) is 0 Å². The lowest BCUT2D eigenvalue weighted by Gasteiger charge is -2.28. The van der Waals surface area contributed by atoms with E-state index in [1.165, 1.54) is 10.5 Å². The Labute approximate surface area is 179 Å². The fraction of sp³-hybridized carbons (Fsp3) is 0.318. The maximum atomic E-state index is 12.1. The number of thioether (sulfide) groups is 1. The van der Waals surface area contributed by atoms with Gasteiger partial charge in [-0.3, -0.25) is 14.4 Å². The molecular weight excluding hydrogens is 404 g/mol. The Morgan fingerprint density at radius 1 is 1.17 bits per heavy atom. The van der Waals surface area contributed by atoms with Crippen LogP contribution in [0.15, 0.2) is 53.4 Å². The highest BCUT2D eigenvalue weighted by Crippen LogP contribution is 2.31. The van der Waals surface area contributed by atoms with E-state index < -0.39 is 5.97 Å². The molecule has 2 aromatic carbocycles. The normalized spacial score (nSPS) is 12.7. The van der Waals surface area contributed by atoms with E-state index in [9.17, 15) is 14.4 Å². The number of anilines is 1. The van der Waals surface area contributed by atoms with Gasteiger partial charge in [-0.1, -0.05) is 29.8 Å². The van der Waals surface area contributed by atoms with Gasteiger partial charge in [0.2, 0.25) is 0 Å². The van der Waals surface area contributed by atoms with Crippen LogP contribution in [-0.2, 0) is 19.1 Å². The van der Waals surface area contributed by atoms with Gasteiger partial charge in [0.15, 0.2) is 13.2 Å². The molecule has 158 valence electrons. The molecule has 0 radical (unpaired) electrons. The lowest BCUT2D eigenvalue weighted by Crippen LogP contribution is -2.40.